The van der Waals surface area contributed by atoms with Crippen LogP contribution in [0.5, 0.6) is 0 Å². The Morgan fingerprint density at radius 2 is 1.83 bits per heavy atom. The quantitative estimate of drug-likeness (QED) is 0.707. The van der Waals surface area contributed by atoms with Crippen LogP contribution in [-0.4, -0.2) is 27.9 Å². The lowest BCUT2D eigenvalue weighted by atomic mass is 9.86. The lowest BCUT2D eigenvalue weighted by Gasteiger charge is -2.32. The number of fused-ring (bicyclic) bond motifs is 1. The largest absolute Gasteiger partial charge is 0.516 e. The molecule has 18 heavy (non-hydrogen) atoms. The van der Waals surface area contributed by atoms with E-state index in [0.29, 0.717) is 0 Å². The van der Waals surface area contributed by atoms with E-state index >= 15 is 0 Å². The van der Waals surface area contributed by atoms with Gasteiger partial charge in [0, 0.05) is 19.2 Å². The van der Waals surface area contributed by atoms with Crippen molar-refractivity contribution in [1.29, 1.82) is 0 Å². The number of aryl methyl sites for hydroxylation is 2. The molecule has 3 rings (SSSR count). The average molecular weight is 248 g/mol. The van der Waals surface area contributed by atoms with Gasteiger partial charge in [0.1, 0.15) is 5.82 Å². The normalized spacial score (nSPS) is 25.2. The lowest BCUT2D eigenvalue weighted by molar-refractivity contribution is 0.00578. The Morgan fingerprint density at radius 1 is 1.17 bits per heavy atom. The highest BCUT2D eigenvalue weighted by atomic mass is 16.7. The van der Waals surface area contributed by atoms with Gasteiger partial charge in [0.05, 0.1) is 16.8 Å². The second-order valence-corrected chi connectivity index (χ2v) is 6.32. The summed E-state index contributed by atoms with van der Waals surface area (Å²) in [6.45, 7) is 9.36. The Hall–Kier alpha value is -0.805. The zero-order valence-electron chi connectivity index (χ0n) is 11.7. The standard InChI is InChI=1S/C13H21BN2O2/c1-12(2)13(3,4)18-14(17-12)10-9-16-8-6-5-7-11(16)15-10/h9H,5-8H2,1-4H3. The summed E-state index contributed by atoms with van der Waals surface area (Å²) >= 11 is 0. The Balaban J connectivity index is 1.87. The van der Waals surface area contributed by atoms with E-state index in [-0.39, 0.29) is 18.3 Å². The molecule has 2 aliphatic rings. The molecule has 0 amide bonds. The van der Waals surface area contributed by atoms with Crippen LogP contribution in [0.4, 0.5) is 0 Å². The lowest BCUT2D eigenvalue weighted by Crippen LogP contribution is -2.41. The molecule has 0 radical (unpaired) electrons. The number of imidazole rings is 1. The molecule has 5 heteroatoms. The maximum atomic E-state index is 6.03. The fraction of sp³-hybridized carbons (Fsp3) is 0.769. The van der Waals surface area contributed by atoms with Crippen LogP contribution < -0.4 is 5.59 Å². The summed E-state index contributed by atoms with van der Waals surface area (Å²) in [5.74, 6) is 1.17. The summed E-state index contributed by atoms with van der Waals surface area (Å²) in [5.41, 5.74) is 0.342. The van der Waals surface area contributed by atoms with Gasteiger partial charge in [-0.1, -0.05) is 0 Å². The second-order valence-electron chi connectivity index (χ2n) is 6.32. The molecule has 2 aliphatic heterocycles. The molecule has 4 nitrogen and oxygen atoms in total. The highest BCUT2D eigenvalue weighted by Crippen LogP contribution is 2.36. The van der Waals surface area contributed by atoms with E-state index in [0.717, 1.165) is 18.6 Å². The molecule has 3 heterocycles. The number of hydrogen-bond acceptors (Lipinski definition) is 3. The van der Waals surface area contributed by atoms with Crippen molar-refractivity contribution in [3.05, 3.63) is 12.0 Å². The molecule has 98 valence electrons. The van der Waals surface area contributed by atoms with E-state index in [1.807, 2.05) is 0 Å². The predicted octanol–water partition coefficient (Wildman–Crippen LogP) is 1.52. The summed E-state index contributed by atoms with van der Waals surface area (Å²) in [4.78, 5) is 4.68. The Morgan fingerprint density at radius 3 is 2.44 bits per heavy atom. The summed E-state index contributed by atoms with van der Waals surface area (Å²) in [7, 11) is -0.326. The van der Waals surface area contributed by atoms with Crippen molar-refractivity contribution in [2.45, 2.75) is 64.7 Å². The van der Waals surface area contributed by atoms with E-state index in [1.165, 1.54) is 18.7 Å². The third-order valence-corrected chi connectivity index (χ3v) is 4.42. The minimum atomic E-state index is -0.326. The zero-order chi connectivity index (χ0) is 13.0. The third-order valence-electron chi connectivity index (χ3n) is 4.42. The number of hydrogen-bond donors (Lipinski definition) is 0. The number of rotatable bonds is 1. The molecule has 0 N–H and O–H groups in total. The highest BCUT2D eigenvalue weighted by molar-refractivity contribution is 6.61. The fourth-order valence-electron chi connectivity index (χ4n) is 2.51. The van der Waals surface area contributed by atoms with Gasteiger partial charge in [-0.3, -0.25) is 0 Å². The Kier molecular flexibility index (Phi) is 2.61. The van der Waals surface area contributed by atoms with Gasteiger partial charge >= 0.3 is 7.12 Å². The molecule has 0 bridgehead atoms. The summed E-state index contributed by atoms with van der Waals surface area (Å²) < 4.78 is 14.3. The molecule has 0 spiro atoms. The van der Waals surface area contributed by atoms with Crippen LogP contribution >= 0.6 is 0 Å². The van der Waals surface area contributed by atoms with Crippen molar-refractivity contribution in [2.75, 3.05) is 0 Å². The van der Waals surface area contributed by atoms with Crippen LogP contribution in [-0.2, 0) is 22.3 Å². The zero-order valence-corrected chi connectivity index (χ0v) is 11.7. The van der Waals surface area contributed by atoms with E-state index in [1.54, 1.807) is 0 Å². The maximum Gasteiger partial charge on any atom is 0.516 e. The minimum Gasteiger partial charge on any atom is -0.398 e. The van der Waals surface area contributed by atoms with Crippen LogP contribution in [0.15, 0.2) is 6.20 Å². The smallest absolute Gasteiger partial charge is 0.398 e. The van der Waals surface area contributed by atoms with E-state index in [2.05, 4.69) is 43.4 Å². The molecular formula is C13H21BN2O2. The van der Waals surface area contributed by atoms with Gasteiger partial charge < -0.3 is 13.9 Å². The van der Waals surface area contributed by atoms with Crippen molar-refractivity contribution in [2.24, 2.45) is 0 Å². The molecule has 1 aromatic heterocycles. The molecule has 0 saturated carbocycles. The topological polar surface area (TPSA) is 36.3 Å². The Bertz CT molecular complexity index is 428. The molecular weight excluding hydrogens is 227 g/mol. The van der Waals surface area contributed by atoms with Crippen molar-refractivity contribution >= 4 is 12.7 Å². The van der Waals surface area contributed by atoms with E-state index < -0.39 is 0 Å². The average Bonchev–Trinajstić information content (AvgIpc) is 2.78. The first kappa shape index (κ1) is 12.2. The van der Waals surface area contributed by atoms with Gasteiger partial charge in [0.15, 0.2) is 0 Å². The van der Waals surface area contributed by atoms with Gasteiger partial charge in [-0.25, -0.2) is 4.98 Å². The van der Waals surface area contributed by atoms with Crippen LogP contribution in [0.2, 0.25) is 0 Å². The SMILES string of the molecule is CC1(C)OB(c2cn3c(n2)CCCC3)OC1(C)C. The minimum absolute atomic E-state index is 0.290. The predicted molar refractivity (Wildman–Crippen MR) is 70.9 cm³/mol. The van der Waals surface area contributed by atoms with Gasteiger partial charge in [0.25, 0.3) is 0 Å². The first-order valence-electron chi connectivity index (χ1n) is 6.81. The van der Waals surface area contributed by atoms with Gasteiger partial charge in [0.2, 0.25) is 0 Å². The van der Waals surface area contributed by atoms with E-state index in [4.69, 9.17) is 9.31 Å². The van der Waals surface area contributed by atoms with Gasteiger partial charge in [-0.15, -0.1) is 0 Å². The molecule has 1 saturated heterocycles. The molecule has 1 fully saturated rings. The van der Waals surface area contributed by atoms with Crippen molar-refractivity contribution in [1.82, 2.24) is 9.55 Å². The van der Waals surface area contributed by atoms with Crippen LogP contribution in [0, 0.1) is 0 Å². The summed E-state index contributed by atoms with van der Waals surface area (Å²) in [6.07, 6.45) is 5.64. The summed E-state index contributed by atoms with van der Waals surface area (Å²) in [6, 6.07) is 0. The molecule has 0 atom stereocenters. The molecule has 1 aromatic rings. The second kappa shape index (κ2) is 3.84. The molecule has 0 aliphatic carbocycles. The first-order valence-corrected chi connectivity index (χ1v) is 6.81. The van der Waals surface area contributed by atoms with Gasteiger partial charge in [-0.05, 0) is 40.5 Å². The van der Waals surface area contributed by atoms with Crippen molar-refractivity contribution < 1.29 is 9.31 Å². The molecule has 0 unspecified atom stereocenters. The fourth-order valence-corrected chi connectivity index (χ4v) is 2.51. The van der Waals surface area contributed by atoms with Crippen LogP contribution in [0.25, 0.3) is 0 Å². The highest BCUT2D eigenvalue weighted by Gasteiger charge is 2.52. The van der Waals surface area contributed by atoms with Crippen LogP contribution in [0.1, 0.15) is 46.4 Å². The first-order chi connectivity index (χ1) is 8.39. The monoisotopic (exact) mass is 248 g/mol. The van der Waals surface area contributed by atoms with Crippen molar-refractivity contribution in [3.63, 3.8) is 0 Å². The van der Waals surface area contributed by atoms with E-state index in [9.17, 15) is 0 Å². The van der Waals surface area contributed by atoms with Gasteiger partial charge in [-0.2, -0.15) is 0 Å². The Labute approximate surface area is 109 Å². The third kappa shape index (κ3) is 1.80. The van der Waals surface area contributed by atoms with Crippen molar-refractivity contribution in [3.8, 4) is 0 Å². The maximum absolute atomic E-state index is 6.03. The van der Waals surface area contributed by atoms with Crippen LogP contribution in [0.3, 0.4) is 0 Å². The number of nitrogens with zero attached hydrogens (tertiary/aromatic N) is 2. The molecule has 0 aromatic carbocycles. The summed E-state index contributed by atoms with van der Waals surface area (Å²) in [5, 5.41) is 0. The number of aromatic nitrogens is 2.